The van der Waals surface area contributed by atoms with Crippen LogP contribution in [-0.4, -0.2) is 10.2 Å². The molecule has 0 spiro atoms. The summed E-state index contributed by atoms with van der Waals surface area (Å²) in [5.41, 5.74) is 11.5. The Morgan fingerprint density at radius 1 is 1.12 bits per heavy atom. The van der Waals surface area contributed by atoms with Gasteiger partial charge in [-0.2, -0.15) is 5.10 Å². The van der Waals surface area contributed by atoms with Gasteiger partial charge in [0.05, 0.1) is 5.69 Å². The highest BCUT2D eigenvalue weighted by molar-refractivity contribution is 5.61. The molecule has 0 saturated carbocycles. The van der Waals surface area contributed by atoms with E-state index in [1.807, 2.05) is 6.07 Å². The molecule has 1 aromatic heterocycles. The number of rotatable bonds is 4. The Hall–Kier alpha value is -1.61. The molecular formula is C14H19N3. The van der Waals surface area contributed by atoms with E-state index in [4.69, 9.17) is 5.73 Å². The Morgan fingerprint density at radius 2 is 1.88 bits per heavy atom. The van der Waals surface area contributed by atoms with E-state index in [-0.39, 0.29) is 0 Å². The largest absolute Gasteiger partial charge is 0.325 e. The van der Waals surface area contributed by atoms with E-state index in [1.54, 1.807) is 0 Å². The topological polar surface area (TPSA) is 54.7 Å². The van der Waals surface area contributed by atoms with Crippen LogP contribution in [0.5, 0.6) is 0 Å². The highest BCUT2D eigenvalue weighted by Crippen LogP contribution is 2.22. The first-order chi connectivity index (χ1) is 8.28. The van der Waals surface area contributed by atoms with Crippen LogP contribution in [0.3, 0.4) is 0 Å². The highest BCUT2D eigenvalue weighted by Gasteiger charge is 2.06. The fraction of sp³-hybridized carbons (Fsp3) is 0.357. The number of aromatic nitrogens is 2. The van der Waals surface area contributed by atoms with Crippen LogP contribution in [-0.2, 0) is 19.4 Å². The van der Waals surface area contributed by atoms with E-state index in [1.165, 1.54) is 11.1 Å². The SMILES string of the molecule is CCc1ccc(-c2cc(CN)[nH]n2)cc1CC. The van der Waals surface area contributed by atoms with Gasteiger partial charge in [-0.3, -0.25) is 5.10 Å². The van der Waals surface area contributed by atoms with Crippen molar-refractivity contribution in [1.82, 2.24) is 10.2 Å². The number of aryl methyl sites for hydroxylation is 2. The van der Waals surface area contributed by atoms with E-state index in [0.717, 1.165) is 29.8 Å². The maximum absolute atomic E-state index is 5.57. The molecule has 3 nitrogen and oxygen atoms in total. The minimum absolute atomic E-state index is 0.501. The van der Waals surface area contributed by atoms with Crippen molar-refractivity contribution in [3.05, 3.63) is 41.1 Å². The number of nitrogens with zero attached hydrogens (tertiary/aromatic N) is 1. The van der Waals surface area contributed by atoms with Crippen LogP contribution < -0.4 is 5.73 Å². The van der Waals surface area contributed by atoms with Gasteiger partial charge in [-0.05, 0) is 36.1 Å². The van der Waals surface area contributed by atoms with Crippen LogP contribution in [0.25, 0.3) is 11.3 Å². The number of hydrogen-bond acceptors (Lipinski definition) is 2. The summed E-state index contributed by atoms with van der Waals surface area (Å²) in [7, 11) is 0. The lowest BCUT2D eigenvalue weighted by molar-refractivity contribution is 0.948. The van der Waals surface area contributed by atoms with Gasteiger partial charge in [0, 0.05) is 17.8 Å². The number of benzene rings is 1. The molecule has 0 aliphatic carbocycles. The van der Waals surface area contributed by atoms with Gasteiger partial charge in [0.1, 0.15) is 0 Å². The number of hydrogen-bond donors (Lipinski definition) is 2. The lowest BCUT2D eigenvalue weighted by Crippen LogP contribution is -1.95. The normalized spacial score (nSPS) is 10.8. The van der Waals surface area contributed by atoms with E-state index in [9.17, 15) is 0 Å². The van der Waals surface area contributed by atoms with Gasteiger partial charge in [-0.15, -0.1) is 0 Å². The van der Waals surface area contributed by atoms with Gasteiger partial charge < -0.3 is 5.73 Å². The van der Waals surface area contributed by atoms with Gasteiger partial charge >= 0.3 is 0 Å². The average molecular weight is 229 g/mol. The minimum Gasteiger partial charge on any atom is -0.325 e. The third kappa shape index (κ3) is 2.39. The molecule has 0 amide bonds. The second-order valence-electron chi connectivity index (χ2n) is 4.17. The molecule has 17 heavy (non-hydrogen) atoms. The number of aromatic amines is 1. The molecule has 90 valence electrons. The van der Waals surface area contributed by atoms with Gasteiger partial charge in [0.25, 0.3) is 0 Å². The fourth-order valence-corrected chi connectivity index (χ4v) is 2.07. The average Bonchev–Trinajstić information content (AvgIpc) is 2.86. The van der Waals surface area contributed by atoms with Crippen LogP contribution in [0.15, 0.2) is 24.3 Å². The molecule has 0 bridgehead atoms. The number of nitrogens with two attached hydrogens (primary N) is 1. The summed E-state index contributed by atoms with van der Waals surface area (Å²) >= 11 is 0. The van der Waals surface area contributed by atoms with Crippen LogP contribution >= 0.6 is 0 Å². The second kappa shape index (κ2) is 5.15. The van der Waals surface area contributed by atoms with Crippen molar-refractivity contribution in [3.8, 4) is 11.3 Å². The van der Waals surface area contributed by atoms with Crippen molar-refractivity contribution in [2.75, 3.05) is 0 Å². The highest BCUT2D eigenvalue weighted by atomic mass is 15.1. The van der Waals surface area contributed by atoms with Crippen LogP contribution in [0.2, 0.25) is 0 Å². The molecule has 3 N–H and O–H groups in total. The van der Waals surface area contributed by atoms with E-state index in [2.05, 4.69) is 42.2 Å². The Bertz CT molecular complexity index is 500. The van der Waals surface area contributed by atoms with Crippen molar-refractivity contribution in [2.24, 2.45) is 5.73 Å². The summed E-state index contributed by atoms with van der Waals surface area (Å²) in [6.45, 7) is 4.88. The molecular weight excluding hydrogens is 210 g/mol. The Labute approximate surface area is 102 Å². The van der Waals surface area contributed by atoms with Crippen LogP contribution in [0, 0.1) is 0 Å². The molecule has 1 heterocycles. The third-order valence-electron chi connectivity index (χ3n) is 3.11. The summed E-state index contributed by atoms with van der Waals surface area (Å²) in [6.07, 6.45) is 2.14. The molecule has 0 atom stereocenters. The fourth-order valence-electron chi connectivity index (χ4n) is 2.07. The molecule has 1 aromatic carbocycles. The predicted octanol–water partition coefficient (Wildman–Crippen LogP) is 2.66. The Morgan fingerprint density at radius 3 is 2.47 bits per heavy atom. The monoisotopic (exact) mass is 229 g/mol. The Balaban J connectivity index is 2.38. The van der Waals surface area contributed by atoms with Gasteiger partial charge in [0.2, 0.25) is 0 Å². The maximum atomic E-state index is 5.57. The number of nitrogens with one attached hydrogen (secondary N) is 1. The van der Waals surface area contributed by atoms with Crippen molar-refractivity contribution < 1.29 is 0 Å². The van der Waals surface area contributed by atoms with Crippen molar-refractivity contribution >= 4 is 0 Å². The molecule has 0 radical (unpaired) electrons. The summed E-state index contributed by atoms with van der Waals surface area (Å²) in [5.74, 6) is 0. The van der Waals surface area contributed by atoms with Crippen LogP contribution in [0.4, 0.5) is 0 Å². The maximum Gasteiger partial charge on any atom is 0.0924 e. The Kier molecular flexibility index (Phi) is 3.59. The molecule has 0 saturated heterocycles. The summed E-state index contributed by atoms with van der Waals surface area (Å²) in [4.78, 5) is 0. The molecule has 0 aliphatic rings. The first-order valence-electron chi connectivity index (χ1n) is 6.15. The third-order valence-corrected chi connectivity index (χ3v) is 3.11. The zero-order valence-electron chi connectivity index (χ0n) is 10.5. The smallest absolute Gasteiger partial charge is 0.0924 e. The molecule has 0 unspecified atom stereocenters. The van der Waals surface area contributed by atoms with Gasteiger partial charge in [-0.1, -0.05) is 26.0 Å². The van der Waals surface area contributed by atoms with Crippen molar-refractivity contribution in [2.45, 2.75) is 33.2 Å². The standard InChI is InChI=1S/C14H19N3/c1-3-10-5-6-12(7-11(10)4-2)14-8-13(9-15)16-17-14/h5-8H,3-4,9,15H2,1-2H3,(H,16,17). The predicted molar refractivity (Wildman–Crippen MR) is 70.7 cm³/mol. The van der Waals surface area contributed by atoms with E-state index in [0.29, 0.717) is 6.54 Å². The quantitative estimate of drug-likeness (QED) is 0.846. The van der Waals surface area contributed by atoms with Crippen LogP contribution in [0.1, 0.15) is 30.7 Å². The summed E-state index contributed by atoms with van der Waals surface area (Å²) in [6, 6.07) is 8.58. The molecule has 2 aromatic rings. The minimum atomic E-state index is 0.501. The molecule has 0 fully saturated rings. The lowest BCUT2D eigenvalue weighted by Gasteiger charge is -2.07. The van der Waals surface area contributed by atoms with Gasteiger partial charge in [-0.25, -0.2) is 0 Å². The lowest BCUT2D eigenvalue weighted by atomic mass is 9.99. The summed E-state index contributed by atoms with van der Waals surface area (Å²) < 4.78 is 0. The molecule has 2 rings (SSSR count). The van der Waals surface area contributed by atoms with E-state index < -0.39 is 0 Å². The van der Waals surface area contributed by atoms with Gasteiger partial charge in [0.15, 0.2) is 0 Å². The van der Waals surface area contributed by atoms with Crippen molar-refractivity contribution in [1.29, 1.82) is 0 Å². The molecule has 3 heteroatoms. The first-order valence-corrected chi connectivity index (χ1v) is 6.15. The zero-order valence-corrected chi connectivity index (χ0v) is 10.5. The van der Waals surface area contributed by atoms with Crippen molar-refractivity contribution in [3.63, 3.8) is 0 Å². The zero-order chi connectivity index (χ0) is 12.3. The molecule has 0 aliphatic heterocycles. The number of H-pyrrole nitrogens is 1. The van der Waals surface area contributed by atoms with E-state index >= 15 is 0 Å². The summed E-state index contributed by atoms with van der Waals surface area (Å²) in [5, 5.41) is 7.23. The first kappa shape index (κ1) is 11.9. The second-order valence-corrected chi connectivity index (χ2v) is 4.17.